The van der Waals surface area contributed by atoms with Gasteiger partial charge in [0.1, 0.15) is 0 Å². The summed E-state index contributed by atoms with van der Waals surface area (Å²) >= 11 is 0. The third-order valence-corrected chi connectivity index (χ3v) is 3.81. The predicted molar refractivity (Wildman–Crippen MR) is 80.7 cm³/mol. The number of para-hydroxylation sites is 1. The smallest absolute Gasteiger partial charge is 0.317 e. The van der Waals surface area contributed by atoms with E-state index in [1.54, 1.807) is 0 Å². The van der Waals surface area contributed by atoms with Crippen LogP contribution in [0.15, 0.2) is 24.3 Å². The number of urea groups is 1. The van der Waals surface area contributed by atoms with E-state index in [0.717, 1.165) is 19.4 Å². The average Bonchev–Trinajstić information content (AvgIpc) is 2.61. The highest BCUT2D eigenvalue weighted by Crippen LogP contribution is 2.27. The van der Waals surface area contributed by atoms with Gasteiger partial charge in [-0.2, -0.15) is 0 Å². The molecule has 2 N–H and O–H groups in total. The van der Waals surface area contributed by atoms with Gasteiger partial charge in [-0.05, 0) is 38.3 Å². The van der Waals surface area contributed by atoms with Crippen LogP contribution in [-0.2, 0) is 13.0 Å². The lowest BCUT2D eigenvalue weighted by Crippen LogP contribution is -2.42. The molecule has 20 heavy (non-hydrogen) atoms. The van der Waals surface area contributed by atoms with Gasteiger partial charge in [-0.25, -0.2) is 4.79 Å². The molecule has 3 rings (SSSR count). The normalized spacial score (nSPS) is 15.2. The van der Waals surface area contributed by atoms with Crippen LogP contribution in [0, 0.1) is 0 Å². The van der Waals surface area contributed by atoms with Gasteiger partial charge in [0, 0.05) is 29.2 Å². The van der Waals surface area contributed by atoms with E-state index < -0.39 is 0 Å². The molecule has 0 bridgehead atoms. The molecule has 1 aromatic heterocycles. The largest absolute Gasteiger partial charge is 0.357 e. The number of carbonyl (C=O) groups excluding carboxylic acids is 1. The van der Waals surface area contributed by atoms with Crippen LogP contribution in [0.25, 0.3) is 10.9 Å². The van der Waals surface area contributed by atoms with Crippen molar-refractivity contribution in [3.63, 3.8) is 0 Å². The molecule has 0 aliphatic carbocycles. The van der Waals surface area contributed by atoms with Gasteiger partial charge in [0.05, 0.1) is 6.54 Å². The zero-order valence-electron chi connectivity index (χ0n) is 12.1. The highest BCUT2D eigenvalue weighted by molar-refractivity contribution is 5.85. The van der Waals surface area contributed by atoms with Crippen LogP contribution in [0.3, 0.4) is 0 Å². The van der Waals surface area contributed by atoms with Gasteiger partial charge in [-0.3, -0.25) is 0 Å². The molecule has 106 valence electrons. The molecule has 0 unspecified atom stereocenters. The summed E-state index contributed by atoms with van der Waals surface area (Å²) in [5.74, 6) is 0. The summed E-state index contributed by atoms with van der Waals surface area (Å²) < 4.78 is 0. The Kier molecular flexibility index (Phi) is 3.38. The molecule has 0 saturated carbocycles. The van der Waals surface area contributed by atoms with Crippen LogP contribution >= 0.6 is 0 Å². The fourth-order valence-corrected chi connectivity index (χ4v) is 2.90. The zero-order chi connectivity index (χ0) is 14.1. The first-order valence-corrected chi connectivity index (χ1v) is 7.29. The summed E-state index contributed by atoms with van der Waals surface area (Å²) in [6.45, 7) is 5.46. The van der Waals surface area contributed by atoms with Gasteiger partial charge >= 0.3 is 6.03 Å². The second-order valence-corrected chi connectivity index (χ2v) is 5.76. The summed E-state index contributed by atoms with van der Waals surface area (Å²) in [4.78, 5) is 17.6. The molecule has 0 fully saturated rings. The Bertz CT molecular complexity index is 630. The third kappa shape index (κ3) is 2.38. The molecule has 1 aliphatic rings. The van der Waals surface area contributed by atoms with E-state index in [9.17, 15) is 4.79 Å². The van der Waals surface area contributed by atoms with E-state index >= 15 is 0 Å². The Morgan fingerprint density at radius 3 is 2.95 bits per heavy atom. The van der Waals surface area contributed by atoms with E-state index in [0.29, 0.717) is 6.54 Å². The Morgan fingerprint density at radius 1 is 1.35 bits per heavy atom. The van der Waals surface area contributed by atoms with Gasteiger partial charge in [0.15, 0.2) is 0 Å². The number of aromatic amines is 1. The van der Waals surface area contributed by atoms with Crippen molar-refractivity contribution in [1.29, 1.82) is 0 Å². The summed E-state index contributed by atoms with van der Waals surface area (Å²) in [6.07, 6.45) is 2.05. The Morgan fingerprint density at radius 2 is 2.15 bits per heavy atom. The Labute approximate surface area is 119 Å². The van der Waals surface area contributed by atoms with Gasteiger partial charge in [0.25, 0.3) is 0 Å². The number of aromatic nitrogens is 1. The van der Waals surface area contributed by atoms with E-state index in [-0.39, 0.29) is 12.1 Å². The molecule has 4 heteroatoms. The first-order valence-electron chi connectivity index (χ1n) is 7.29. The maximum absolute atomic E-state index is 12.2. The number of rotatable bonds is 1. The van der Waals surface area contributed by atoms with Crippen LogP contribution in [0.4, 0.5) is 4.79 Å². The van der Waals surface area contributed by atoms with Crippen molar-refractivity contribution in [2.45, 2.75) is 39.3 Å². The van der Waals surface area contributed by atoms with Gasteiger partial charge < -0.3 is 15.2 Å². The van der Waals surface area contributed by atoms with Gasteiger partial charge in [-0.1, -0.05) is 18.2 Å². The Balaban J connectivity index is 1.89. The maximum atomic E-state index is 12.2. The number of carbonyl (C=O) groups is 1. The fourth-order valence-electron chi connectivity index (χ4n) is 2.90. The molecule has 2 aromatic rings. The standard InChI is InChI=1S/C16H21N3O/c1-11(2)17-16(20)19-9-5-7-13-12-6-3-4-8-14(12)18-15(13)10-19/h3-4,6,8,11,18H,5,7,9-10H2,1-2H3,(H,17,20). The van der Waals surface area contributed by atoms with Crippen molar-refractivity contribution < 1.29 is 4.79 Å². The number of fused-ring (bicyclic) bond motifs is 3. The second kappa shape index (κ2) is 5.19. The number of nitrogens with one attached hydrogen (secondary N) is 2. The second-order valence-electron chi connectivity index (χ2n) is 5.76. The minimum atomic E-state index is 0.0338. The lowest BCUT2D eigenvalue weighted by molar-refractivity contribution is 0.193. The van der Waals surface area contributed by atoms with Crippen LogP contribution in [-0.4, -0.2) is 28.5 Å². The van der Waals surface area contributed by atoms with Crippen molar-refractivity contribution in [3.8, 4) is 0 Å². The maximum Gasteiger partial charge on any atom is 0.317 e. The molecule has 1 aliphatic heterocycles. The predicted octanol–water partition coefficient (Wildman–Crippen LogP) is 3.03. The van der Waals surface area contributed by atoms with Crippen LogP contribution in [0.2, 0.25) is 0 Å². The monoisotopic (exact) mass is 271 g/mol. The van der Waals surface area contributed by atoms with Gasteiger partial charge in [-0.15, -0.1) is 0 Å². The molecule has 0 atom stereocenters. The average molecular weight is 271 g/mol. The molecule has 1 aromatic carbocycles. The molecule has 0 saturated heterocycles. The fraction of sp³-hybridized carbons (Fsp3) is 0.438. The summed E-state index contributed by atoms with van der Waals surface area (Å²) in [6, 6.07) is 8.59. The lowest BCUT2D eigenvalue weighted by atomic mass is 10.1. The van der Waals surface area contributed by atoms with Crippen LogP contribution in [0.1, 0.15) is 31.5 Å². The van der Waals surface area contributed by atoms with Crippen molar-refractivity contribution in [1.82, 2.24) is 15.2 Å². The quantitative estimate of drug-likeness (QED) is 0.823. The van der Waals surface area contributed by atoms with Crippen LogP contribution in [0.5, 0.6) is 0 Å². The van der Waals surface area contributed by atoms with E-state index in [2.05, 4.69) is 28.5 Å². The van der Waals surface area contributed by atoms with E-state index in [1.807, 2.05) is 24.8 Å². The number of benzene rings is 1. The minimum Gasteiger partial charge on any atom is -0.357 e. The number of hydrogen-bond acceptors (Lipinski definition) is 1. The number of H-pyrrole nitrogens is 1. The van der Waals surface area contributed by atoms with Crippen molar-refractivity contribution in [2.75, 3.05) is 6.54 Å². The number of nitrogens with zero attached hydrogens (tertiary/aromatic N) is 1. The van der Waals surface area contributed by atoms with Crippen molar-refractivity contribution in [2.24, 2.45) is 0 Å². The van der Waals surface area contributed by atoms with Gasteiger partial charge in [0.2, 0.25) is 0 Å². The molecule has 0 spiro atoms. The molecular formula is C16H21N3O. The molecule has 0 radical (unpaired) electrons. The van der Waals surface area contributed by atoms with E-state index in [4.69, 9.17) is 0 Å². The summed E-state index contributed by atoms with van der Waals surface area (Å²) in [5.41, 5.74) is 3.73. The lowest BCUT2D eigenvalue weighted by Gasteiger charge is -2.22. The zero-order valence-corrected chi connectivity index (χ0v) is 12.1. The summed E-state index contributed by atoms with van der Waals surface area (Å²) in [7, 11) is 0. The highest BCUT2D eigenvalue weighted by atomic mass is 16.2. The third-order valence-electron chi connectivity index (χ3n) is 3.81. The molecule has 2 heterocycles. The topological polar surface area (TPSA) is 48.1 Å². The van der Waals surface area contributed by atoms with E-state index in [1.165, 1.54) is 22.2 Å². The number of hydrogen-bond donors (Lipinski definition) is 2. The summed E-state index contributed by atoms with van der Waals surface area (Å²) in [5, 5.41) is 4.28. The molecule has 2 amide bonds. The Hall–Kier alpha value is -1.97. The number of amides is 2. The van der Waals surface area contributed by atoms with Crippen molar-refractivity contribution >= 4 is 16.9 Å². The first kappa shape index (κ1) is 13.0. The van der Waals surface area contributed by atoms with Crippen molar-refractivity contribution in [3.05, 3.63) is 35.5 Å². The number of aryl methyl sites for hydroxylation is 1. The SMILES string of the molecule is CC(C)NC(=O)N1CCCc2c([nH]c3ccccc23)C1. The molecular weight excluding hydrogens is 250 g/mol. The minimum absolute atomic E-state index is 0.0338. The highest BCUT2D eigenvalue weighted by Gasteiger charge is 2.22. The van der Waals surface area contributed by atoms with Crippen LogP contribution < -0.4 is 5.32 Å². The molecule has 4 nitrogen and oxygen atoms in total. The first-order chi connectivity index (χ1) is 9.65.